The molecule has 114 valence electrons. The summed E-state index contributed by atoms with van der Waals surface area (Å²) in [6.45, 7) is 1.33. The molecule has 1 N–H and O–H groups in total. The Labute approximate surface area is 123 Å². The number of alkyl halides is 3. The number of rotatable bonds is 2. The maximum Gasteiger partial charge on any atom is 0.446 e. The number of piperidine rings is 1. The quantitative estimate of drug-likeness (QED) is 0.633. The Bertz CT molecular complexity index is 460. The Morgan fingerprint density at radius 3 is 2.25 bits per heavy atom. The van der Waals surface area contributed by atoms with Gasteiger partial charge in [-0.15, -0.1) is 12.4 Å². The van der Waals surface area contributed by atoms with E-state index in [1.807, 2.05) is 0 Å². The molecule has 1 fully saturated rings. The molecular weight excluding hydrogens is 321 g/mol. The van der Waals surface area contributed by atoms with Gasteiger partial charge < -0.3 is 5.32 Å². The van der Waals surface area contributed by atoms with E-state index in [2.05, 4.69) is 5.32 Å². The molecule has 0 unspecified atom stereocenters. The number of hydrogen-bond acceptors (Lipinski definition) is 2. The summed E-state index contributed by atoms with van der Waals surface area (Å²) in [4.78, 5) is -0.626. The lowest BCUT2D eigenvalue weighted by molar-refractivity contribution is -0.0329. The normalized spacial score (nSPS) is 16.9. The SMILES string of the molecule is Cl.Fc1ccc(C2CCNCC2)c(SC(F)(F)F)c1F. The Balaban J connectivity index is 0.00000200. The molecule has 0 atom stereocenters. The van der Waals surface area contributed by atoms with Gasteiger partial charge in [0, 0.05) is 0 Å². The van der Waals surface area contributed by atoms with Crippen molar-refractivity contribution in [1.29, 1.82) is 0 Å². The average molecular weight is 334 g/mol. The molecule has 1 aromatic carbocycles. The van der Waals surface area contributed by atoms with Gasteiger partial charge in [-0.3, -0.25) is 0 Å². The van der Waals surface area contributed by atoms with E-state index < -0.39 is 33.8 Å². The third-order valence-electron chi connectivity index (χ3n) is 3.08. The summed E-state index contributed by atoms with van der Waals surface area (Å²) in [6, 6.07) is 2.16. The standard InChI is InChI=1S/C12H12F5NS.ClH/c13-9-2-1-8(7-3-5-18-6-4-7)11(10(9)14)19-12(15,16)17;/h1-2,7,18H,3-6H2;1H. The Kier molecular flexibility index (Phi) is 6.09. The predicted octanol–water partition coefficient (Wildman–Crippen LogP) is 4.47. The first kappa shape index (κ1) is 17.5. The van der Waals surface area contributed by atoms with Gasteiger partial charge >= 0.3 is 5.51 Å². The van der Waals surface area contributed by atoms with Gasteiger partial charge in [-0.25, -0.2) is 8.78 Å². The van der Waals surface area contributed by atoms with Crippen LogP contribution in [-0.2, 0) is 0 Å². The van der Waals surface area contributed by atoms with E-state index in [4.69, 9.17) is 0 Å². The second-order valence-corrected chi connectivity index (χ2v) is 5.43. The molecular formula is C12H13ClF5NS. The topological polar surface area (TPSA) is 12.0 Å². The summed E-state index contributed by atoms with van der Waals surface area (Å²) in [5, 5.41) is 3.08. The van der Waals surface area contributed by atoms with Gasteiger partial charge in [0.2, 0.25) is 0 Å². The molecule has 1 aromatic rings. The van der Waals surface area contributed by atoms with Crippen molar-refractivity contribution < 1.29 is 22.0 Å². The molecule has 0 bridgehead atoms. The van der Waals surface area contributed by atoms with Gasteiger partial charge in [-0.1, -0.05) is 6.07 Å². The fourth-order valence-corrected chi connectivity index (χ4v) is 2.99. The van der Waals surface area contributed by atoms with E-state index in [9.17, 15) is 22.0 Å². The van der Waals surface area contributed by atoms with Crippen LogP contribution in [0.15, 0.2) is 17.0 Å². The Morgan fingerprint density at radius 2 is 1.70 bits per heavy atom. The number of hydrogen-bond donors (Lipinski definition) is 1. The molecule has 2 rings (SSSR count). The van der Waals surface area contributed by atoms with Gasteiger partial charge in [0.05, 0.1) is 4.90 Å². The van der Waals surface area contributed by atoms with Crippen LogP contribution in [0.3, 0.4) is 0 Å². The van der Waals surface area contributed by atoms with E-state index in [-0.39, 0.29) is 23.9 Å². The highest BCUT2D eigenvalue weighted by Crippen LogP contribution is 2.43. The summed E-state index contributed by atoms with van der Waals surface area (Å²) >= 11 is -0.574. The minimum atomic E-state index is -4.63. The van der Waals surface area contributed by atoms with Crippen molar-refractivity contribution in [3.63, 3.8) is 0 Å². The van der Waals surface area contributed by atoms with Crippen LogP contribution in [0, 0.1) is 11.6 Å². The molecule has 0 amide bonds. The highest BCUT2D eigenvalue weighted by molar-refractivity contribution is 8.00. The maximum absolute atomic E-state index is 13.6. The molecule has 0 aromatic heterocycles. The zero-order valence-electron chi connectivity index (χ0n) is 10.3. The molecule has 0 radical (unpaired) electrons. The van der Waals surface area contributed by atoms with Crippen LogP contribution in [0.4, 0.5) is 22.0 Å². The third kappa shape index (κ3) is 4.23. The third-order valence-corrected chi connectivity index (χ3v) is 3.93. The van der Waals surface area contributed by atoms with Gasteiger partial charge in [-0.05, 0) is 55.2 Å². The van der Waals surface area contributed by atoms with Crippen molar-refractivity contribution >= 4 is 24.2 Å². The van der Waals surface area contributed by atoms with Crippen LogP contribution in [-0.4, -0.2) is 18.6 Å². The van der Waals surface area contributed by atoms with Crippen LogP contribution >= 0.6 is 24.2 Å². The molecule has 20 heavy (non-hydrogen) atoms. The summed E-state index contributed by atoms with van der Waals surface area (Å²) in [5.74, 6) is -2.82. The zero-order chi connectivity index (χ0) is 14.0. The monoisotopic (exact) mass is 333 g/mol. The van der Waals surface area contributed by atoms with Gasteiger partial charge in [0.25, 0.3) is 0 Å². The van der Waals surface area contributed by atoms with Crippen LogP contribution in [0.1, 0.15) is 24.3 Å². The lowest BCUT2D eigenvalue weighted by Crippen LogP contribution is -2.27. The van der Waals surface area contributed by atoms with Crippen LogP contribution < -0.4 is 5.32 Å². The number of thioether (sulfide) groups is 1. The van der Waals surface area contributed by atoms with E-state index in [1.165, 1.54) is 6.07 Å². The molecule has 1 heterocycles. The molecule has 1 aliphatic rings. The summed E-state index contributed by atoms with van der Waals surface area (Å²) < 4.78 is 64.2. The van der Waals surface area contributed by atoms with Gasteiger partial charge in [-0.2, -0.15) is 13.2 Å². The van der Waals surface area contributed by atoms with E-state index in [1.54, 1.807) is 0 Å². The van der Waals surface area contributed by atoms with Crippen molar-refractivity contribution in [2.75, 3.05) is 13.1 Å². The van der Waals surface area contributed by atoms with E-state index in [0.29, 0.717) is 25.9 Å². The molecule has 8 heteroatoms. The summed E-state index contributed by atoms with van der Waals surface area (Å²) in [7, 11) is 0. The van der Waals surface area contributed by atoms with E-state index >= 15 is 0 Å². The van der Waals surface area contributed by atoms with Crippen molar-refractivity contribution in [2.24, 2.45) is 0 Å². The second-order valence-electron chi connectivity index (χ2n) is 4.35. The minimum Gasteiger partial charge on any atom is -0.317 e. The molecule has 1 saturated heterocycles. The maximum atomic E-state index is 13.6. The molecule has 0 spiro atoms. The lowest BCUT2D eigenvalue weighted by atomic mass is 9.90. The predicted molar refractivity (Wildman–Crippen MR) is 70.4 cm³/mol. The smallest absolute Gasteiger partial charge is 0.317 e. The molecule has 0 saturated carbocycles. The fraction of sp³-hybridized carbons (Fsp3) is 0.500. The largest absolute Gasteiger partial charge is 0.446 e. The first-order valence-corrected chi connectivity index (χ1v) is 6.64. The Morgan fingerprint density at radius 1 is 1.10 bits per heavy atom. The minimum absolute atomic E-state index is 0. The fourth-order valence-electron chi connectivity index (χ4n) is 2.22. The molecule has 1 nitrogen and oxygen atoms in total. The first-order valence-electron chi connectivity index (χ1n) is 5.83. The zero-order valence-corrected chi connectivity index (χ0v) is 11.9. The Hall–Kier alpha value is -0.530. The number of halogens is 6. The highest BCUT2D eigenvalue weighted by Gasteiger charge is 2.34. The first-order chi connectivity index (χ1) is 8.88. The number of nitrogens with one attached hydrogen (secondary N) is 1. The summed E-state index contributed by atoms with van der Waals surface area (Å²) in [5.41, 5.74) is -4.38. The van der Waals surface area contributed by atoms with Crippen molar-refractivity contribution in [3.8, 4) is 0 Å². The van der Waals surface area contributed by atoms with E-state index in [0.717, 1.165) is 6.07 Å². The highest BCUT2D eigenvalue weighted by atomic mass is 35.5. The van der Waals surface area contributed by atoms with Crippen LogP contribution in [0.5, 0.6) is 0 Å². The van der Waals surface area contributed by atoms with Crippen LogP contribution in [0.25, 0.3) is 0 Å². The lowest BCUT2D eigenvalue weighted by Gasteiger charge is -2.25. The number of benzene rings is 1. The summed E-state index contributed by atoms with van der Waals surface area (Å²) in [6.07, 6.45) is 1.24. The van der Waals surface area contributed by atoms with Crippen LogP contribution in [0.2, 0.25) is 0 Å². The molecule has 0 aliphatic carbocycles. The van der Waals surface area contributed by atoms with Crippen molar-refractivity contribution in [2.45, 2.75) is 29.2 Å². The van der Waals surface area contributed by atoms with Gasteiger partial charge in [0.15, 0.2) is 11.6 Å². The van der Waals surface area contributed by atoms with Crippen molar-refractivity contribution in [3.05, 3.63) is 29.3 Å². The molecule has 1 aliphatic heterocycles. The second kappa shape index (κ2) is 6.95. The van der Waals surface area contributed by atoms with Crippen molar-refractivity contribution in [1.82, 2.24) is 5.32 Å². The average Bonchev–Trinajstić information content (AvgIpc) is 2.35. The van der Waals surface area contributed by atoms with Gasteiger partial charge in [0.1, 0.15) is 0 Å².